The van der Waals surface area contributed by atoms with Crippen molar-refractivity contribution in [2.75, 3.05) is 5.32 Å². The van der Waals surface area contributed by atoms with Crippen LogP contribution in [0.25, 0.3) is 10.2 Å². The molecule has 0 spiro atoms. The standard InChI is InChI=1S/C17H21N5O2S/c1-5-6-7-22-14(10(2)8-19-22)20-15(23)13-11(3)12-16(25-13)18-9-21(4)17(12)24/h8-9H,5-7H2,1-4H3,(H,20,23). The molecule has 7 nitrogen and oxygen atoms in total. The second-order valence-corrected chi connectivity index (χ2v) is 7.10. The number of anilines is 1. The molecule has 0 aliphatic rings. The van der Waals surface area contributed by atoms with Gasteiger partial charge < -0.3 is 9.88 Å². The van der Waals surface area contributed by atoms with Gasteiger partial charge in [0.15, 0.2) is 0 Å². The molecule has 0 saturated carbocycles. The Morgan fingerprint density at radius 2 is 2.12 bits per heavy atom. The first kappa shape index (κ1) is 17.3. The Bertz CT molecular complexity index is 999. The van der Waals surface area contributed by atoms with E-state index in [2.05, 4.69) is 22.3 Å². The van der Waals surface area contributed by atoms with Crippen LogP contribution >= 0.6 is 11.3 Å². The molecule has 3 heterocycles. The Morgan fingerprint density at radius 1 is 1.36 bits per heavy atom. The zero-order chi connectivity index (χ0) is 18.1. The topological polar surface area (TPSA) is 81.8 Å². The average molecular weight is 359 g/mol. The van der Waals surface area contributed by atoms with Crippen LogP contribution in [0.4, 0.5) is 5.82 Å². The van der Waals surface area contributed by atoms with E-state index < -0.39 is 0 Å². The molecule has 3 aromatic heterocycles. The third-order valence-corrected chi connectivity index (χ3v) is 5.39. The van der Waals surface area contributed by atoms with Crippen LogP contribution < -0.4 is 10.9 Å². The van der Waals surface area contributed by atoms with Crippen molar-refractivity contribution >= 4 is 33.3 Å². The van der Waals surface area contributed by atoms with Gasteiger partial charge in [0.25, 0.3) is 11.5 Å². The first-order valence-corrected chi connectivity index (χ1v) is 9.04. The molecule has 0 atom stereocenters. The van der Waals surface area contributed by atoms with Crippen LogP contribution in [0.3, 0.4) is 0 Å². The highest BCUT2D eigenvalue weighted by Crippen LogP contribution is 2.28. The Balaban J connectivity index is 1.96. The Labute approximate surface area is 149 Å². The molecular formula is C17H21N5O2S. The van der Waals surface area contributed by atoms with E-state index in [4.69, 9.17) is 0 Å². The van der Waals surface area contributed by atoms with Gasteiger partial charge in [0.05, 0.1) is 22.8 Å². The summed E-state index contributed by atoms with van der Waals surface area (Å²) in [6.45, 7) is 6.58. The molecule has 0 aromatic carbocycles. The van der Waals surface area contributed by atoms with E-state index >= 15 is 0 Å². The Hall–Kier alpha value is -2.48. The highest BCUT2D eigenvalue weighted by atomic mass is 32.1. The van der Waals surface area contributed by atoms with E-state index in [-0.39, 0.29) is 11.5 Å². The molecule has 132 valence electrons. The molecule has 25 heavy (non-hydrogen) atoms. The van der Waals surface area contributed by atoms with Gasteiger partial charge in [0.2, 0.25) is 0 Å². The number of unbranched alkanes of at least 4 members (excludes halogenated alkanes) is 1. The molecule has 8 heteroatoms. The highest BCUT2D eigenvalue weighted by Gasteiger charge is 2.20. The van der Waals surface area contributed by atoms with Gasteiger partial charge in [0, 0.05) is 19.2 Å². The zero-order valence-electron chi connectivity index (χ0n) is 14.8. The van der Waals surface area contributed by atoms with Crippen molar-refractivity contribution in [2.24, 2.45) is 7.05 Å². The lowest BCUT2D eigenvalue weighted by Gasteiger charge is -2.09. The fourth-order valence-corrected chi connectivity index (χ4v) is 3.74. The number of amides is 1. The molecule has 0 aliphatic carbocycles. The maximum Gasteiger partial charge on any atom is 0.267 e. The number of aryl methyl sites for hydroxylation is 4. The van der Waals surface area contributed by atoms with Crippen molar-refractivity contribution in [3.63, 3.8) is 0 Å². The number of aromatic nitrogens is 4. The smallest absolute Gasteiger partial charge is 0.267 e. The quantitative estimate of drug-likeness (QED) is 0.759. The summed E-state index contributed by atoms with van der Waals surface area (Å²) in [7, 11) is 1.65. The maximum absolute atomic E-state index is 12.8. The van der Waals surface area contributed by atoms with E-state index in [9.17, 15) is 9.59 Å². The maximum atomic E-state index is 12.8. The SMILES string of the molecule is CCCCn1ncc(C)c1NC(=O)c1sc2ncn(C)c(=O)c2c1C. The molecular weight excluding hydrogens is 338 g/mol. The van der Waals surface area contributed by atoms with Gasteiger partial charge in [-0.25, -0.2) is 9.67 Å². The molecule has 3 aromatic rings. The van der Waals surface area contributed by atoms with Crippen molar-refractivity contribution in [2.45, 2.75) is 40.2 Å². The first-order valence-electron chi connectivity index (χ1n) is 8.22. The van der Waals surface area contributed by atoms with Crippen LogP contribution in [0.5, 0.6) is 0 Å². The Kier molecular flexibility index (Phi) is 4.71. The van der Waals surface area contributed by atoms with E-state index in [1.165, 1.54) is 22.2 Å². The predicted octanol–water partition coefficient (Wildman–Crippen LogP) is 2.86. The average Bonchev–Trinajstić information content (AvgIpc) is 3.10. The van der Waals surface area contributed by atoms with Crippen LogP contribution in [0.2, 0.25) is 0 Å². The fraction of sp³-hybridized carbons (Fsp3) is 0.412. The molecule has 0 unspecified atom stereocenters. The second-order valence-electron chi connectivity index (χ2n) is 6.10. The first-order chi connectivity index (χ1) is 11.9. The molecule has 0 radical (unpaired) electrons. The number of nitrogens with one attached hydrogen (secondary N) is 1. The second kappa shape index (κ2) is 6.79. The number of hydrogen-bond acceptors (Lipinski definition) is 5. The monoisotopic (exact) mass is 359 g/mol. The number of nitrogens with zero attached hydrogens (tertiary/aromatic N) is 4. The normalized spacial score (nSPS) is 11.2. The largest absolute Gasteiger partial charge is 0.306 e. The molecule has 1 N–H and O–H groups in total. The van der Waals surface area contributed by atoms with Gasteiger partial charge in [-0.05, 0) is 25.8 Å². The molecule has 1 amide bonds. The summed E-state index contributed by atoms with van der Waals surface area (Å²) in [6.07, 6.45) is 5.27. The third kappa shape index (κ3) is 3.09. The van der Waals surface area contributed by atoms with Gasteiger partial charge in [0.1, 0.15) is 10.6 Å². The summed E-state index contributed by atoms with van der Waals surface area (Å²) >= 11 is 1.24. The van der Waals surface area contributed by atoms with Crippen LogP contribution in [0.15, 0.2) is 17.3 Å². The van der Waals surface area contributed by atoms with Crippen LogP contribution in [0, 0.1) is 13.8 Å². The minimum atomic E-state index is -0.232. The summed E-state index contributed by atoms with van der Waals surface area (Å²) in [4.78, 5) is 30.5. The van der Waals surface area contributed by atoms with Crippen molar-refractivity contribution in [3.05, 3.63) is 38.9 Å². The van der Waals surface area contributed by atoms with Gasteiger partial charge in [-0.15, -0.1) is 11.3 Å². The van der Waals surface area contributed by atoms with Crippen molar-refractivity contribution in [3.8, 4) is 0 Å². The molecule has 3 rings (SSSR count). The number of carbonyl (C=O) groups is 1. The van der Waals surface area contributed by atoms with Gasteiger partial charge in [-0.1, -0.05) is 13.3 Å². The van der Waals surface area contributed by atoms with Crippen molar-refractivity contribution < 1.29 is 4.79 Å². The zero-order valence-corrected chi connectivity index (χ0v) is 15.6. The lowest BCUT2D eigenvalue weighted by atomic mass is 10.2. The predicted molar refractivity (Wildman–Crippen MR) is 99.4 cm³/mol. The van der Waals surface area contributed by atoms with Crippen LogP contribution in [-0.2, 0) is 13.6 Å². The minimum Gasteiger partial charge on any atom is -0.306 e. The summed E-state index contributed by atoms with van der Waals surface area (Å²) in [6, 6.07) is 0. The van der Waals surface area contributed by atoms with E-state index in [0.717, 1.165) is 24.9 Å². The van der Waals surface area contributed by atoms with E-state index in [0.29, 0.717) is 26.5 Å². The number of fused-ring (bicyclic) bond motifs is 1. The Morgan fingerprint density at radius 3 is 2.84 bits per heavy atom. The summed E-state index contributed by atoms with van der Waals surface area (Å²) in [5.74, 6) is 0.472. The number of rotatable bonds is 5. The molecule has 0 fully saturated rings. The van der Waals surface area contributed by atoms with Gasteiger partial charge >= 0.3 is 0 Å². The summed E-state index contributed by atoms with van der Waals surface area (Å²) < 4.78 is 3.24. The lowest BCUT2D eigenvalue weighted by molar-refractivity contribution is 0.102. The highest BCUT2D eigenvalue weighted by molar-refractivity contribution is 7.20. The van der Waals surface area contributed by atoms with Gasteiger partial charge in [-0.2, -0.15) is 5.10 Å². The summed E-state index contributed by atoms with van der Waals surface area (Å²) in [5, 5.41) is 7.80. The van der Waals surface area contributed by atoms with Crippen molar-refractivity contribution in [1.82, 2.24) is 19.3 Å². The molecule has 0 bridgehead atoms. The number of hydrogen-bond donors (Lipinski definition) is 1. The van der Waals surface area contributed by atoms with E-state index in [1.54, 1.807) is 20.2 Å². The van der Waals surface area contributed by atoms with Crippen LogP contribution in [0.1, 0.15) is 40.6 Å². The summed E-state index contributed by atoms with van der Waals surface area (Å²) in [5.41, 5.74) is 1.45. The lowest BCUT2D eigenvalue weighted by Crippen LogP contribution is -2.18. The van der Waals surface area contributed by atoms with Gasteiger partial charge in [-0.3, -0.25) is 9.59 Å². The minimum absolute atomic E-state index is 0.137. The van der Waals surface area contributed by atoms with Crippen molar-refractivity contribution in [1.29, 1.82) is 0 Å². The van der Waals surface area contributed by atoms with Crippen LogP contribution in [-0.4, -0.2) is 25.2 Å². The number of carbonyl (C=O) groups excluding carboxylic acids is 1. The number of thiophene rings is 1. The third-order valence-electron chi connectivity index (χ3n) is 4.19. The molecule has 0 aliphatic heterocycles. The van der Waals surface area contributed by atoms with E-state index in [1.807, 2.05) is 11.6 Å². The fourth-order valence-electron chi connectivity index (χ4n) is 2.71. The molecule has 0 saturated heterocycles.